The number of anilines is 3. The van der Waals surface area contributed by atoms with E-state index < -0.39 is 0 Å². The lowest BCUT2D eigenvalue weighted by Crippen LogP contribution is -2.42. The molecule has 2 heterocycles. The molecular weight excluding hydrogens is 354 g/mol. The molecule has 0 aliphatic carbocycles. The fourth-order valence-corrected chi connectivity index (χ4v) is 3.82. The van der Waals surface area contributed by atoms with E-state index in [-0.39, 0.29) is 5.91 Å². The Morgan fingerprint density at radius 3 is 2.61 bits per heavy atom. The van der Waals surface area contributed by atoms with Crippen LogP contribution in [0.2, 0.25) is 0 Å². The average molecular weight is 383 g/mol. The first-order chi connectivity index (χ1) is 13.4. The number of likely N-dealkylation sites (tertiary alicyclic amines) is 1. The van der Waals surface area contributed by atoms with Crippen molar-refractivity contribution in [3.05, 3.63) is 36.5 Å². The molecular formula is C21H29N5O2. The van der Waals surface area contributed by atoms with Gasteiger partial charge in [-0.1, -0.05) is 13.8 Å². The Hall–Kier alpha value is -2.80. The van der Waals surface area contributed by atoms with Crippen molar-refractivity contribution in [2.45, 2.75) is 20.3 Å². The first-order valence-corrected chi connectivity index (χ1v) is 9.66. The zero-order chi connectivity index (χ0) is 20.1. The summed E-state index contributed by atoms with van der Waals surface area (Å²) < 4.78 is 5.85. The highest BCUT2D eigenvalue weighted by Gasteiger charge is 2.23. The SMILES string of the molecule is CNc1ccc(Oc2ccnc(NC(=O)CN3CC(C)CC(C)C3)c2)cc1N. The predicted molar refractivity (Wildman–Crippen MR) is 113 cm³/mol. The van der Waals surface area contributed by atoms with Gasteiger partial charge >= 0.3 is 0 Å². The molecule has 2 unspecified atom stereocenters. The van der Waals surface area contributed by atoms with Crippen molar-refractivity contribution in [1.29, 1.82) is 0 Å². The van der Waals surface area contributed by atoms with Gasteiger partial charge in [0.05, 0.1) is 17.9 Å². The van der Waals surface area contributed by atoms with Crippen molar-refractivity contribution < 1.29 is 9.53 Å². The van der Waals surface area contributed by atoms with Crippen LogP contribution in [0.25, 0.3) is 0 Å². The van der Waals surface area contributed by atoms with Crippen LogP contribution >= 0.6 is 0 Å². The molecule has 7 nitrogen and oxygen atoms in total. The lowest BCUT2D eigenvalue weighted by molar-refractivity contribution is -0.117. The van der Waals surface area contributed by atoms with Gasteiger partial charge in [0, 0.05) is 38.5 Å². The summed E-state index contributed by atoms with van der Waals surface area (Å²) in [6.07, 6.45) is 2.83. The van der Waals surface area contributed by atoms with Crippen molar-refractivity contribution in [1.82, 2.24) is 9.88 Å². The number of carbonyl (C=O) groups excluding carboxylic acids is 1. The number of rotatable bonds is 6. The van der Waals surface area contributed by atoms with Crippen LogP contribution in [-0.4, -0.2) is 42.5 Å². The molecule has 2 atom stereocenters. The molecule has 3 rings (SSSR count). The van der Waals surface area contributed by atoms with Crippen LogP contribution in [0.15, 0.2) is 36.5 Å². The molecule has 7 heteroatoms. The zero-order valence-electron chi connectivity index (χ0n) is 16.7. The minimum Gasteiger partial charge on any atom is -0.457 e. The summed E-state index contributed by atoms with van der Waals surface area (Å²) in [6, 6.07) is 8.89. The highest BCUT2D eigenvalue weighted by atomic mass is 16.5. The van der Waals surface area contributed by atoms with E-state index in [1.807, 2.05) is 19.2 Å². The molecule has 4 N–H and O–H groups in total. The number of carbonyl (C=O) groups is 1. The summed E-state index contributed by atoms with van der Waals surface area (Å²) in [4.78, 5) is 18.9. The van der Waals surface area contributed by atoms with Gasteiger partial charge in [-0.05, 0) is 36.5 Å². The molecule has 1 aliphatic heterocycles. The van der Waals surface area contributed by atoms with Crippen molar-refractivity contribution >= 4 is 23.1 Å². The van der Waals surface area contributed by atoms with E-state index in [1.165, 1.54) is 6.42 Å². The number of nitrogen functional groups attached to an aromatic ring is 1. The monoisotopic (exact) mass is 383 g/mol. The Morgan fingerprint density at radius 2 is 1.93 bits per heavy atom. The topological polar surface area (TPSA) is 92.5 Å². The smallest absolute Gasteiger partial charge is 0.239 e. The van der Waals surface area contributed by atoms with E-state index in [4.69, 9.17) is 10.5 Å². The van der Waals surface area contributed by atoms with Gasteiger partial charge < -0.3 is 21.1 Å². The third kappa shape index (κ3) is 5.36. The number of pyridine rings is 1. The van der Waals surface area contributed by atoms with Gasteiger partial charge in [-0.2, -0.15) is 0 Å². The van der Waals surface area contributed by atoms with Gasteiger partial charge in [0.2, 0.25) is 5.91 Å². The molecule has 1 amide bonds. The van der Waals surface area contributed by atoms with Crippen LogP contribution in [0, 0.1) is 11.8 Å². The number of piperidine rings is 1. The molecule has 1 fully saturated rings. The maximum absolute atomic E-state index is 12.4. The second kappa shape index (κ2) is 8.93. The maximum atomic E-state index is 12.4. The van der Waals surface area contributed by atoms with Crippen LogP contribution in [-0.2, 0) is 4.79 Å². The maximum Gasteiger partial charge on any atom is 0.239 e. The highest BCUT2D eigenvalue weighted by molar-refractivity contribution is 5.91. The predicted octanol–water partition coefficient (Wildman–Crippen LogP) is 3.41. The van der Waals surface area contributed by atoms with Gasteiger partial charge in [0.25, 0.3) is 0 Å². The standard InChI is InChI=1S/C21H29N5O2/c1-14-8-15(2)12-26(11-14)13-21(27)25-20-10-17(6-7-24-20)28-16-4-5-19(23-3)18(22)9-16/h4-7,9-10,14-15,23H,8,11-13,22H2,1-3H3,(H,24,25,27). The summed E-state index contributed by atoms with van der Waals surface area (Å²) in [7, 11) is 1.81. The summed E-state index contributed by atoms with van der Waals surface area (Å²) in [6.45, 7) is 6.76. The number of nitrogens with two attached hydrogens (primary N) is 1. The Kier molecular flexibility index (Phi) is 6.36. The Bertz CT molecular complexity index is 816. The quantitative estimate of drug-likeness (QED) is 0.662. The number of aromatic nitrogens is 1. The lowest BCUT2D eigenvalue weighted by Gasteiger charge is -2.34. The van der Waals surface area contributed by atoms with E-state index in [0.29, 0.717) is 41.4 Å². The Labute approximate surface area is 166 Å². The zero-order valence-corrected chi connectivity index (χ0v) is 16.7. The normalized spacial score (nSPS) is 19.8. The Morgan fingerprint density at radius 1 is 1.21 bits per heavy atom. The minimum atomic E-state index is -0.0615. The van der Waals surface area contributed by atoms with E-state index in [2.05, 4.69) is 34.4 Å². The average Bonchev–Trinajstić information content (AvgIpc) is 2.61. The van der Waals surface area contributed by atoms with Crippen LogP contribution in [0.3, 0.4) is 0 Å². The molecule has 0 bridgehead atoms. The largest absolute Gasteiger partial charge is 0.457 e. The Balaban J connectivity index is 1.60. The van der Waals surface area contributed by atoms with E-state index >= 15 is 0 Å². The third-order valence-electron chi connectivity index (χ3n) is 4.84. The van der Waals surface area contributed by atoms with E-state index in [1.54, 1.807) is 24.4 Å². The van der Waals surface area contributed by atoms with Gasteiger partial charge in [-0.25, -0.2) is 4.98 Å². The molecule has 1 aromatic heterocycles. The van der Waals surface area contributed by atoms with E-state index in [9.17, 15) is 4.79 Å². The van der Waals surface area contributed by atoms with Crippen molar-refractivity contribution in [2.75, 3.05) is 43.0 Å². The second-order valence-electron chi connectivity index (χ2n) is 7.67. The van der Waals surface area contributed by atoms with Crippen LogP contribution in [0.4, 0.5) is 17.2 Å². The minimum absolute atomic E-state index is 0.0615. The summed E-state index contributed by atoms with van der Waals surface area (Å²) in [5, 5.41) is 5.88. The van der Waals surface area contributed by atoms with Crippen LogP contribution in [0.5, 0.6) is 11.5 Å². The van der Waals surface area contributed by atoms with Gasteiger partial charge in [0.1, 0.15) is 17.3 Å². The number of nitrogens with one attached hydrogen (secondary N) is 2. The van der Waals surface area contributed by atoms with Gasteiger partial charge in [-0.3, -0.25) is 9.69 Å². The first-order valence-electron chi connectivity index (χ1n) is 9.66. The summed E-state index contributed by atoms with van der Waals surface area (Å²) in [5.41, 5.74) is 7.42. The van der Waals surface area contributed by atoms with Gasteiger partial charge in [-0.15, -0.1) is 0 Å². The number of benzene rings is 1. The van der Waals surface area contributed by atoms with Crippen molar-refractivity contribution in [3.8, 4) is 11.5 Å². The first kappa shape index (κ1) is 19.9. The van der Waals surface area contributed by atoms with Gasteiger partial charge in [0.15, 0.2) is 0 Å². The van der Waals surface area contributed by atoms with Crippen LogP contribution in [0.1, 0.15) is 20.3 Å². The number of hydrogen-bond donors (Lipinski definition) is 3. The van der Waals surface area contributed by atoms with Crippen molar-refractivity contribution in [2.24, 2.45) is 11.8 Å². The third-order valence-corrected chi connectivity index (χ3v) is 4.84. The second-order valence-corrected chi connectivity index (χ2v) is 7.67. The molecule has 1 saturated heterocycles. The molecule has 0 saturated carbocycles. The van der Waals surface area contributed by atoms with Crippen molar-refractivity contribution in [3.63, 3.8) is 0 Å². The number of amides is 1. The molecule has 150 valence electrons. The number of ether oxygens (including phenoxy) is 1. The molecule has 0 spiro atoms. The summed E-state index contributed by atoms with van der Waals surface area (Å²) in [5.74, 6) is 2.86. The molecule has 28 heavy (non-hydrogen) atoms. The van der Waals surface area contributed by atoms with Crippen LogP contribution < -0.4 is 21.1 Å². The summed E-state index contributed by atoms with van der Waals surface area (Å²) >= 11 is 0. The molecule has 0 radical (unpaired) electrons. The number of hydrogen-bond acceptors (Lipinski definition) is 6. The highest BCUT2D eigenvalue weighted by Crippen LogP contribution is 2.28. The molecule has 1 aliphatic rings. The molecule has 1 aromatic carbocycles. The fraction of sp³-hybridized carbons (Fsp3) is 0.429. The molecule has 2 aromatic rings. The fourth-order valence-electron chi connectivity index (χ4n) is 3.82. The number of nitrogens with zero attached hydrogens (tertiary/aromatic N) is 2. The lowest BCUT2D eigenvalue weighted by atomic mass is 9.92. The van der Waals surface area contributed by atoms with E-state index in [0.717, 1.165) is 18.8 Å².